The minimum absolute atomic E-state index is 0.258. The Kier molecular flexibility index (Phi) is 7.37. The van der Waals surface area contributed by atoms with Crippen molar-refractivity contribution in [1.29, 1.82) is 0 Å². The largest absolute Gasteiger partial charge is 0.497 e. The number of anilines is 1. The summed E-state index contributed by atoms with van der Waals surface area (Å²) in [5, 5.41) is 5.76. The van der Waals surface area contributed by atoms with E-state index in [1.54, 1.807) is 14.0 Å². The number of carbonyl (C=O) groups is 2. The number of ether oxygens (including phenoxy) is 2. The van der Waals surface area contributed by atoms with Crippen molar-refractivity contribution >= 4 is 17.7 Å². The van der Waals surface area contributed by atoms with Crippen molar-refractivity contribution in [3.8, 4) is 5.75 Å². The highest BCUT2D eigenvalue weighted by molar-refractivity contribution is 5.95. The molecule has 1 fully saturated rings. The fraction of sp³-hybridized carbons (Fsp3) is 0.385. The van der Waals surface area contributed by atoms with E-state index in [-0.39, 0.29) is 12.6 Å². The molecule has 2 amide bonds. The molecule has 1 unspecified atom stereocenters. The molecule has 180 valence electrons. The number of urea groups is 1. The monoisotopic (exact) mass is 464 g/mol. The number of methoxy groups -OCH3 is 1. The number of nitrogens with zero attached hydrogens (tertiary/aromatic N) is 2. The van der Waals surface area contributed by atoms with Gasteiger partial charge in [-0.15, -0.1) is 0 Å². The van der Waals surface area contributed by atoms with Crippen molar-refractivity contribution in [2.24, 2.45) is 0 Å². The fourth-order valence-corrected chi connectivity index (χ4v) is 4.38. The third kappa shape index (κ3) is 5.34. The normalized spacial score (nSPS) is 18.9. The van der Waals surface area contributed by atoms with E-state index in [9.17, 15) is 9.59 Å². The predicted octanol–water partition coefficient (Wildman–Crippen LogP) is 3.00. The van der Waals surface area contributed by atoms with E-state index in [0.29, 0.717) is 23.6 Å². The van der Waals surface area contributed by atoms with Crippen molar-refractivity contribution in [1.82, 2.24) is 15.5 Å². The van der Waals surface area contributed by atoms with Gasteiger partial charge in [-0.1, -0.05) is 29.8 Å². The molecule has 8 heteroatoms. The van der Waals surface area contributed by atoms with Crippen LogP contribution in [0.4, 0.5) is 10.5 Å². The second-order valence-corrected chi connectivity index (χ2v) is 8.52. The molecule has 0 spiro atoms. The maximum absolute atomic E-state index is 13.0. The second-order valence-electron chi connectivity index (χ2n) is 8.52. The standard InChI is InChI=1S/C26H32N4O4/c1-4-34-25(31)23-22(27-26(32)28-24(23)19-7-11-21(33-3)12-8-19)17-29-13-15-30(16-14-29)20-9-5-18(2)6-10-20/h5-12,24H,4,13-17H2,1-3H3,(H2,27,28,32). The molecule has 1 saturated heterocycles. The van der Waals surface area contributed by atoms with E-state index in [0.717, 1.165) is 31.7 Å². The van der Waals surface area contributed by atoms with Crippen LogP contribution in [-0.2, 0) is 9.53 Å². The summed E-state index contributed by atoms with van der Waals surface area (Å²) < 4.78 is 10.6. The van der Waals surface area contributed by atoms with Crippen LogP contribution in [0.3, 0.4) is 0 Å². The molecule has 1 atom stereocenters. The number of piperazine rings is 1. The third-order valence-corrected chi connectivity index (χ3v) is 6.25. The van der Waals surface area contributed by atoms with Crippen LogP contribution in [0.5, 0.6) is 5.75 Å². The molecule has 4 rings (SSSR count). The number of esters is 1. The zero-order valence-electron chi connectivity index (χ0n) is 20.0. The van der Waals surface area contributed by atoms with Gasteiger partial charge in [-0.25, -0.2) is 9.59 Å². The van der Waals surface area contributed by atoms with Crippen molar-refractivity contribution in [2.75, 3.05) is 51.3 Å². The molecule has 0 radical (unpaired) electrons. The first-order valence-electron chi connectivity index (χ1n) is 11.6. The lowest BCUT2D eigenvalue weighted by atomic mass is 9.94. The molecular formula is C26H32N4O4. The topological polar surface area (TPSA) is 83.1 Å². The zero-order valence-corrected chi connectivity index (χ0v) is 20.0. The number of benzene rings is 2. The smallest absolute Gasteiger partial charge is 0.338 e. The van der Waals surface area contributed by atoms with Gasteiger partial charge in [0.25, 0.3) is 0 Å². The van der Waals surface area contributed by atoms with Gasteiger partial charge in [0.15, 0.2) is 0 Å². The lowest BCUT2D eigenvalue weighted by Crippen LogP contribution is -2.51. The van der Waals surface area contributed by atoms with E-state index in [1.165, 1.54) is 11.3 Å². The molecule has 2 aliphatic heterocycles. The predicted molar refractivity (Wildman–Crippen MR) is 131 cm³/mol. The van der Waals surface area contributed by atoms with Gasteiger partial charge < -0.3 is 25.0 Å². The van der Waals surface area contributed by atoms with Crippen LogP contribution in [0, 0.1) is 6.92 Å². The summed E-state index contributed by atoms with van der Waals surface area (Å²) in [6.07, 6.45) is 0. The van der Waals surface area contributed by atoms with Gasteiger partial charge in [0.1, 0.15) is 5.75 Å². The van der Waals surface area contributed by atoms with Gasteiger partial charge in [0, 0.05) is 44.1 Å². The van der Waals surface area contributed by atoms with Gasteiger partial charge in [0.05, 0.1) is 25.3 Å². The number of nitrogens with one attached hydrogen (secondary N) is 2. The van der Waals surface area contributed by atoms with Crippen LogP contribution in [-0.4, -0.2) is 63.3 Å². The Morgan fingerprint density at radius 3 is 2.32 bits per heavy atom. The van der Waals surface area contributed by atoms with Crippen LogP contribution < -0.4 is 20.3 Å². The van der Waals surface area contributed by atoms with E-state index in [1.807, 2.05) is 24.3 Å². The third-order valence-electron chi connectivity index (χ3n) is 6.25. The Morgan fingerprint density at radius 2 is 1.71 bits per heavy atom. The highest BCUT2D eigenvalue weighted by Gasteiger charge is 2.34. The first-order valence-corrected chi connectivity index (χ1v) is 11.6. The fourth-order valence-electron chi connectivity index (χ4n) is 4.38. The van der Waals surface area contributed by atoms with Gasteiger partial charge in [0.2, 0.25) is 0 Å². The van der Waals surface area contributed by atoms with Crippen LogP contribution >= 0.6 is 0 Å². The highest BCUT2D eigenvalue weighted by atomic mass is 16.5. The van der Waals surface area contributed by atoms with Crippen molar-refractivity contribution in [3.63, 3.8) is 0 Å². The number of carbonyl (C=O) groups excluding carboxylic acids is 2. The summed E-state index contributed by atoms with van der Waals surface area (Å²) >= 11 is 0. The van der Waals surface area contributed by atoms with Gasteiger partial charge >= 0.3 is 12.0 Å². The number of amides is 2. The maximum Gasteiger partial charge on any atom is 0.338 e. The van der Waals surface area contributed by atoms with Crippen molar-refractivity contribution < 1.29 is 19.1 Å². The summed E-state index contributed by atoms with van der Waals surface area (Å²) in [4.78, 5) is 30.2. The average molecular weight is 465 g/mol. The lowest BCUT2D eigenvalue weighted by Gasteiger charge is -2.38. The van der Waals surface area contributed by atoms with Gasteiger partial charge in [-0.05, 0) is 43.7 Å². The Bertz CT molecular complexity index is 1040. The van der Waals surface area contributed by atoms with Crippen LogP contribution in [0.25, 0.3) is 0 Å². The van der Waals surface area contributed by atoms with E-state index in [4.69, 9.17) is 9.47 Å². The summed E-state index contributed by atoms with van der Waals surface area (Å²) in [7, 11) is 1.60. The first-order chi connectivity index (χ1) is 16.5. The molecule has 0 saturated carbocycles. The lowest BCUT2D eigenvalue weighted by molar-refractivity contribution is -0.139. The SMILES string of the molecule is CCOC(=O)C1=C(CN2CCN(c3ccc(C)cc3)CC2)NC(=O)NC1c1ccc(OC)cc1. The zero-order chi connectivity index (χ0) is 24.1. The molecule has 8 nitrogen and oxygen atoms in total. The van der Waals surface area contributed by atoms with Crippen LogP contribution in [0.1, 0.15) is 24.1 Å². The second kappa shape index (κ2) is 10.6. The van der Waals surface area contributed by atoms with Crippen molar-refractivity contribution in [2.45, 2.75) is 19.9 Å². The molecule has 0 aliphatic carbocycles. The molecular weight excluding hydrogens is 432 g/mol. The molecule has 2 aromatic rings. The van der Waals surface area contributed by atoms with E-state index < -0.39 is 12.0 Å². The van der Waals surface area contributed by atoms with Gasteiger partial charge in [-0.2, -0.15) is 0 Å². The molecule has 2 aromatic carbocycles. The van der Waals surface area contributed by atoms with Crippen LogP contribution in [0.2, 0.25) is 0 Å². The molecule has 2 aliphatic rings. The summed E-state index contributed by atoms with van der Waals surface area (Å²) in [5.41, 5.74) is 4.28. The quantitative estimate of drug-likeness (QED) is 0.613. The minimum Gasteiger partial charge on any atom is -0.497 e. The van der Waals surface area contributed by atoms with E-state index >= 15 is 0 Å². The van der Waals surface area contributed by atoms with E-state index in [2.05, 4.69) is 51.6 Å². The average Bonchev–Trinajstić information content (AvgIpc) is 2.85. The number of aryl methyl sites for hydroxylation is 1. The molecule has 0 aromatic heterocycles. The Morgan fingerprint density at radius 1 is 1.03 bits per heavy atom. The summed E-state index contributed by atoms with van der Waals surface area (Å²) in [5.74, 6) is 0.279. The number of hydrogen-bond donors (Lipinski definition) is 2. The minimum atomic E-state index is -0.595. The first kappa shape index (κ1) is 23.6. The highest BCUT2D eigenvalue weighted by Crippen LogP contribution is 2.29. The number of hydrogen-bond acceptors (Lipinski definition) is 6. The molecule has 2 heterocycles. The Labute approximate surface area is 200 Å². The molecule has 34 heavy (non-hydrogen) atoms. The maximum atomic E-state index is 13.0. The summed E-state index contributed by atoms with van der Waals surface area (Å²) in [6, 6.07) is 15.0. The van der Waals surface area contributed by atoms with Crippen molar-refractivity contribution in [3.05, 3.63) is 70.9 Å². The molecule has 2 N–H and O–H groups in total. The number of rotatable bonds is 7. The van der Waals surface area contributed by atoms with Crippen LogP contribution in [0.15, 0.2) is 59.8 Å². The Hall–Kier alpha value is -3.52. The van der Waals surface area contributed by atoms with Gasteiger partial charge in [-0.3, -0.25) is 4.90 Å². The summed E-state index contributed by atoms with van der Waals surface area (Å²) in [6.45, 7) is 7.99. The molecule has 0 bridgehead atoms. The Balaban J connectivity index is 1.54.